The smallest absolute Gasteiger partial charge is 0.306 e. The summed E-state index contributed by atoms with van der Waals surface area (Å²) in [5.41, 5.74) is 0. The van der Waals surface area contributed by atoms with Crippen LogP contribution in [0.4, 0.5) is 0 Å². The van der Waals surface area contributed by atoms with Crippen molar-refractivity contribution in [3.63, 3.8) is 0 Å². The number of rotatable bonds is 7. The molecule has 0 aliphatic carbocycles. The van der Waals surface area contributed by atoms with Crippen LogP contribution in [0, 0.1) is 5.92 Å². The van der Waals surface area contributed by atoms with E-state index in [4.69, 9.17) is 4.74 Å². The lowest BCUT2D eigenvalue weighted by Gasteiger charge is -2.19. The fourth-order valence-corrected chi connectivity index (χ4v) is 2.44. The van der Waals surface area contributed by atoms with E-state index in [0.29, 0.717) is 12.3 Å². The van der Waals surface area contributed by atoms with Crippen molar-refractivity contribution in [1.82, 2.24) is 4.90 Å². The molecule has 1 rings (SSSR count). The first-order valence-corrected chi connectivity index (χ1v) is 7.24. The van der Waals surface area contributed by atoms with Crippen molar-refractivity contribution in [1.29, 1.82) is 0 Å². The second-order valence-corrected chi connectivity index (χ2v) is 6.16. The fourth-order valence-electron chi connectivity index (χ4n) is 1.65. The number of carbonyl (C=O) groups is 1. The van der Waals surface area contributed by atoms with E-state index >= 15 is 0 Å². The third-order valence-corrected chi connectivity index (χ3v) is 3.51. The minimum Gasteiger partial charge on any atom is -0.457 e. The number of esters is 1. The Balaban J connectivity index is 2.58. The number of nitrogens with zero attached hydrogens (tertiary/aromatic N) is 1. The van der Waals surface area contributed by atoms with Crippen LogP contribution in [0.5, 0.6) is 0 Å². The van der Waals surface area contributed by atoms with Gasteiger partial charge in [-0.15, -0.1) is 11.3 Å². The molecule has 3 nitrogen and oxygen atoms in total. The van der Waals surface area contributed by atoms with Crippen molar-refractivity contribution in [3.05, 3.63) is 22.4 Å². The van der Waals surface area contributed by atoms with E-state index < -0.39 is 0 Å². The summed E-state index contributed by atoms with van der Waals surface area (Å²) in [6.07, 6.45) is 1.24. The maximum Gasteiger partial charge on any atom is 0.306 e. The first-order valence-electron chi connectivity index (χ1n) is 6.36. The van der Waals surface area contributed by atoms with Gasteiger partial charge in [0.1, 0.15) is 6.10 Å². The molecule has 0 unspecified atom stereocenters. The summed E-state index contributed by atoms with van der Waals surface area (Å²) in [5.74, 6) is 0.248. The third-order valence-electron chi connectivity index (χ3n) is 2.55. The first-order chi connectivity index (χ1) is 8.49. The van der Waals surface area contributed by atoms with E-state index in [1.54, 1.807) is 11.3 Å². The van der Waals surface area contributed by atoms with Gasteiger partial charge in [-0.1, -0.05) is 19.9 Å². The van der Waals surface area contributed by atoms with Crippen LogP contribution in [0.25, 0.3) is 0 Å². The predicted molar refractivity (Wildman–Crippen MR) is 75.8 cm³/mol. The number of hydrogen-bond donors (Lipinski definition) is 0. The molecule has 0 bridgehead atoms. The maximum absolute atomic E-state index is 11.8. The highest BCUT2D eigenvalue weighted by Gasteiger charge is 2.18. The molecule has 1 heterocycles. The number of hydrogen-bond acceptors (Lipinski definition) is 4. The normalized spacial score (nSPS) is 13.0. The zero-order valence-corrected chi connectivity index (χ0v) is 12.5. The van der Waals surface area contributed by atoms with Gasteiger partial charge in [0.2, 0.25) is 0 Å². The van der Waals surface area contributed by atoms with E-state index in [1.807, 2.05) is 45.5 Å². The molecule has 18 heavy (non-hydrogen) atoms. The van der Waals surface area contributed by atoms with Crippen LogP contribution < -0.4 is 0 Å². The lowest BCUT2D eigenvalue weighted by molar-refractivity contribution is -0.150. The van der Waals surface area contributed by atoms with Gasteiger partial charge in [0, 0.05) is 24.3 Å². The van der Waals surface area contributed by atoms with Crippen molar-refractivity contribution < 1.29 is 9.53 Å². The summed E-state index contributed by atoms with van der Waals surface area (Å²) in [5, 5.41) is 2.02. The standard InChI is InChI=1S/C14H23NO2S/c1-11(2)10-14(16)17-12(7-8-15(3)4)13-6-5-9-18-13/h5-6,9,11-12H,7-8,10H2,1-4H3/t12-/m0/s1. The summed E-state index contributed by atoms with van der Waals surface area (Å²) in [4.78, 5) is 15.0. The molecular weight excluding hydrogens is 246 g/mol. The zero-order chi connectivity index (χ0) is 13.5. The maximum atomic E-state index is 11.8. The van der Waals surface area contributed by atoms with E-state index in [0.717, 1.165) is 17.8 Å². The average molecular weight is 269 g/mol. The molecule has 0 fully saturated rings. The summed E-state index contributed by atoms with van der Waals surface area (Å²) < 4.78 is 5.60. The van der Waals surface area contributed by atoms with E-state index in [9.17, 15) is 4.79 Å². The quantitative estimate of drug-likeness (QED) is 0.711. The zero-order valence-electron chi connectivity index (χ0n) is 11.7. The molecule has 4 heteroatoms. The Bertz CT molecular complexity index is 347. The Hall–Kier alpha value is -0.870. The molecular formula is C14H23NO2S. The van der Waals surface area contributed by atoms with Crippen molar-refractivity contribution >= 4 is 17.3 Å². The molecule has 0 aromatic carbocycles. The van der Waals surface area contributed by atoms with Crippen LogP contribution in [-0.2, 0) is 9.53 Å². The van der Waals surface area contributed by atoms with Crippen LogP contribution >= 0.6 is 11.3 Å². The van der Waals surface area contributed by atoms with Crippen molar-refractivity contribution in [2.45, 2.75) is 32.8 Å². The van der Waals surface area contributed by atoms with Gasteiger partial charge in [-0.2, -0.15) is 0 Å². The first kappa shape index (κ1) is 15.2. The highest BCUT2D eigenvalue weighted by molar-refractivity contribution is 7.10. The molecule has 1 aromatic heterocycles. The van der Waals surface area contributed by atoms with Crippen molar-refractivity contribution in [3.8, 4) is 0 Å². The van der Waals surface area contributed by atoms with E-state index in [2.05, 4.69) is 4.90 Å². The Kier molecular flexibility index (Phi) is 6.36. The summed E-state index contributed by atoms with van der Waals surface area (Å²) in [6, 6.07) is 4.03. The minimum absolute atomic E-state index is 0.0952. The monoisotopic (exact) mass is 269 g/mol. The lowest BCUT2D eigenvalue weighted by Crippen LogP contribution is -2.19. The Morgan fingerprint density at radius 2 is 2.17 bits per heavy atom. The average Bonchev–Trinajstić information content (AvgIpc) is 2.75. The van der Waals surface area contributed by atoms with Crippen molar-refractivity contribution in [2.75, 3.05) is 20.6 Å². The summed E-state index contributed by atoms with van der Waals surface area (Å²) in [6.45, 7) is 4.97. The molecule has 1 aromatic rings. The van der Waals surface area contributed by atoms with Gasteiger partial charge >= 0.3 is 5.97 Å². The molecule has 0 saturated heterocycles. The Labute approximate surface area is 114 Å². The van der Waals surface area contributed by atoms with Gasteiger partial charge < -0.3 is 9.64 Å². The van der Waals surface area contributed by atoms with Gasteiger partial charge in [0.25, 0.3) is 0 Å². The summed E-state index contributed by atoms with van der Waals surface area (Å²) in [7, 11) is 4.06. The van der Waals surface area contributed by atoms with Crippen LogP contribution in [0.2, 0.25) is 0 Å². The third kappa shape index (κ3) is 5.65. The van der Waals surface area contributed by atoms with Gasteiger partial charge in [0.15, 0.2) is 0 Å². The topological polar surface area (TPSA) is 29.5 Å². The van der Waals surface area contributed by atoms with Gasteiger partial charge in [-0.25, -0.2) is 0 Å². The molecule has 0 radical (unpaired) electrons. The van der Waals surface area contributed by atoms with Gasteiger partial charge in [0.05, 0.1) is 0 Å². The predicted octanol–water partition coefficient (Wildman–Crippen LogP) is 3.33. The molecule has 102 valence electrons. The Morgan fingerprint density at radius 3 is 2.67 bits per heavy atom. The second kappa shape index (κ2) is 7.54. The fraction of sp³-hybridized carbons (Fsp3) is 0.643. The largest absolute Gasteiger partial charge is 0.457 e. The minimum atomic E-state index is -0.0985. The van der Waals surface area contributed by atoms with Crippen LogP contribution in [0.3, 0.4) is 0 Å². The molecule has 0 saturated carbocycles. The second-order valence-electron chi connectivity index (χ2n) is 5.18. The number of thiophene rings is 1. The van der Waals surface area contributed by atoms with Gasteiger partial charge in [-0.05, 0) is 31.5 Å². The highest BCUT2D eigenvalue weighted by Crippen LogP contribution is 2.26. The Morgan fingerprint density at radius 1 is 1.44 bits per heavy atom. The van der Waals surface area contributed by atoms with Crippen LogP contribution in [0.15, 0.2) is 17.5 Å². The highest BCUT2D eigenvalue weighted by atomic mass is 32.1. The van der Waals surface area contributed by atoms with Gasteiger partial charge in [-0.3, -0.25) is 4.79 Å². The molecule has 0 amide bonds. The van der Waals surface area contributed by atoms with E-state index in [1.165, 1.54) is 0 Å². The molecule has 0 aliphatic heterocycles. The molecule has 0 N–H and O–H groups in total. The number of ether oxygens (including phenoxy) is 1. The van der Waals surface area contributed by atoms with Crippen LogP contribution in [-0.4, -0.2) is 31.5 Å². The van der Waals surface area contributed by atoms with Crippen molar-refractivity contribution in [2.24, 2.45) is 5.92 Å². The van der Waals surface area contributed by atoms with E-state index in [-0.39, 0.29) is 12.1 Å². The molecule has 0 spiro atoms. The molecule has 1 atom stereocenters. The number of carbonyl (C=O) groups excluding carboxylic acids is 1. The lowest BCUT2D eigenvalue weighted by atomic mass is 10.1. The SMILES string of the molecule is CC(C)CC(=O)O[C@@H](CCN(C)C)c1cccs1. The molecule has 0 aliphatic rings. The van der Waals surface area contributed by atoms with Crippen LogP contribution in [0.1, 0.15) is 37.7 Å². The summed E-state index contributed by atoms with van der Waals surface area (Å²) >= 11 is 1.65.